The standard InChI is InChI=1S/C45H33BF2N2O/c1-26-24-38-40-39(25-26)50(37-19-10-8-17-35(37)48)42-33(23-21-30-29-14-11-15-31(45(2,3)4)43(29)51-44(30)42)46(40)32-22-20-27-12-5-6-13-28(27)41(32)49(38)36-18-9-7-16-34(36)47/h5-25H,1-4H3. The van der Waals surface area contributed by atoms with Gasteiger partial charge in [-0.05, 0) is 76.1 Å². The number of nitrogens with zero attached hydrogens (tertiary/aromatic N) is 2. The van der Waals surface area contributed by atoms with Gasteiger partial charge in [-0.2, -0.15) is 0 Å². The Hall–Kier alpha value is -5.88. The first-order valence-electron chi connectivity index (χ1n) is 17.4. The molecule has 1 aromatic heterocycles. The van der Waals surface area contributed by atoms with E-state index in [0.29, 0.717) is 11.4 Å². The molecule has 0 saturated carbocycles. The van der Waals surface area contributed by atoms with Gasteiger partial charge in [-0.25, -0.2) is 8.78 Å². The Morgan fingerprint density at radius 3 is 1.80 bits per heavy atom. The van der Waals surface area contributed by atoms with E-state index in [2.05, 4.69) is 99.3 Å². The van der Waals surface area contributed by atoms with Crippen molar-refractivity contribution in [1.29, 1.82) is 0 Å². The van der Waals surface area contributed by atoms with E-state index >= 15 is 8.78 Å². The Balaban J connectivity index is 1.39. The molecule has 0 N–H and O–H groups in total. The number of aryl methyl sites for hydroxylation is 1. The zero-order valence-corrected chi connectivity index (χ0v) is 28.8. The lowest BCUT2D eigenvalue weighted by Crippen LogP contribution is -2.61. The predicted molar refractivity (Wildman–Crippen MR) is 209 cm³/mol. The molecule has 0 aliphatic carbocycles. The molecule has 0 fully saturated rings. The van der Waals surface area contributed by atoms with Crippen LogP contribution in [-0.4, -0.2) is 6.71 Å². The Morgan fingerprint density at radius 1 is 0.549 bits per heavy atom. The molecule has 51 heavy (non-hydrogen) atoms. The van der Waals surface area contributed by atoms with Gasteiger partial charge < -0.3 is 14.2 Å². The zero-order chi connectivity index (χ0) is 34.8. The Morgan fingerprint density at radius 2 is 1.12 bits per heavy atom. The van der Waals surface area contributed by atoms with Crippen LogP contribution in [-0.2, 0) is 5.41 Å². The van der Waals surface area contributed by atoms with Crippen molar-refractivity contribution in [3.8, 4) is 0 Å². The van der Waals surface area contributed by atoms with Gasteiger partial charge in [0.1, 0.15) is 17.2 Å². The van der Waals surface area contributed by atoms with Crippen LogP contribution in [0.5, 0.6) is 0 Å². The molecule has 0 amide bonds. The molecule has 0 saturated heterocycles. The van der Waals surface area contributed by atoms with Gasteiger partial charge in [0.15, 0.2) is 5.58 Å². The number of hydrogen-bond donors (Lipinski definition) is 0. The number of rotatable bonds is 2. The third-order valence-electron chi connectivity index (χ3n) is 10.7. The quantitative estimate of drug-likeness (QED) is 0.171. The highest BCUT2D eigenvalue weighted by molar-refractivity contribution is 7.00. The second kappa shape index (κ2) is 10.6. The fourth-order valence-corrected chi connectivity index (χ4v) is 8.58. The summed E-state index contributed by atoms with van der Waals surface area (Å²) >= 11 is 0. The first-order valence-corrected chi connectivity index (χ1v) is 17.4. The van der Waals surface area contributed by atoms with Crippen molar-refractivity contribution in [2.24, 2.45) is 0 Å². The molecule has 3 nitrogen and oxygen atoms in total. The number of fused-ring (bicyclic) bond motifs is 10. The zero-order valence-electron chi connectivity index (χ0n) is 28.8. The maximum absolute atomic E-state index is 16.3. The van der Waals surface area contributed by atoms with E-state index in [9.17, 15) is 0 Å². The van der Waals surface area contributed by atoms with Crippen LogP contribution in [0.25, 0.3) is 32.7 Å². The normalized spacial score (nSPS) is 13.6. The van der Waals surface area contributed by atoms with Crippen molar-refractivity contribution >= 4 is 89.9 Å². The van der Waals surface area contributed by atoms with Gasteiger partial charge in [0.05, 0.1) is 17.1 Å². The molecule has 0 spiro atoms. The molecule has 3 heterocycles. The van der Waals surface area contributed by atoms with Crippen molar-refractivity contribution in [2.45, 2.75) is 33.1 Å². The molecular weight excluding hydrogens is 633 g/mol. The van der Waals surface area contributed by atoms with E-state index in [1.165, 1.54) is 12.1 Å². The van der Waals surface area contributed by atoms with Crippen LogP contribution in [0.2, 0.25) is 0 Å². The van der Waals surface area contributed by atoms with Crippen LogP contribution in [0.3, 0.4) is 0 Å². The van der Waals surface area contributed by atoms with Gasteiger partial charge >= 0.3 is 0 Å². The van der Waals surface area contributed by atoms with E-state index < -0.39 is 0 Å². The molecule has 246 valence electrons. The van der Waals surface area contributed by atoms with Gasteiger partial charge in [0.25, 0.3) is 6.71 Å². The van der Waals surface area contributed by atoms with Crippen molar-refractivity contribution < 1.29 is 13.2 Å². The molecule has 2 aliphatic rings. The first kappa shape index (κ1) is 30.0. The number of hydrogen-bond acceptors (Lipinski definition) is 3. The number of benzene rings is 7. The highest BCUT2D eigenvalue weighted by Crippen LogP contribution is 2.50. The van der Waals surface area contributed by atoms with Crippen LogP contribution in [0.1, 0.15) is 31.9 Å². The summed E-state index contributed by atoms with van der Waals surface area (Å²) in [4.78, 5) is 4.12. The molecule has 0 atom stereocenters. The third kappa shape index (κ3) is 4.16. The highest BCUT2D eigenvalue weighted by atomic mass is 19.1. The van der Waals surface area contributed by atoms with Gasteiger partial charge in [-0.3, -0.25) is 0 Å². The predicted octanol–water partition coefficient (Wildman–Crippen LogP) is 10.7. The summed E-state index contributed by atoms with van der Waals surface area (Å²) in [6, 6.07) is 41.5. The maximum atomic E-state index is 16.3. The van der Waals surface area contributed by atoms with Gasteiger partial charge in [0, 0.05) is 38.8 Å². The third-order valence-corrected chi connectivity index (χ3v) is 10.7. The van der Waals surface area contributed by atoms with Gasteiger partial charge in [-0.15, -0.1) is 0 Å². The number of halogens is 2. The highest BCUT2D eigenvalue weighted by Gasteiger charge is 2.46. The molecule has 8 aromatic rings. The summed E-state index contributed by atoms with van der Waals surface area (Å²) in [6.07, 6.45) is 0. The monoisotopic (exact) mass is 666 g/mol. The van der Waals surface area contributed by atoms with Crippen molar-refractivity contribution in [1.82, 2.24) is 0 Å². The van der Waals surface area contributed by atoms with Crippen LogP contribution in [0.15, 0.2) is 132 Å². The molecule has 0 bridgehead atoms. The maximum Gasteiger partial charge on any atom is 0.252 e. The summed E-state index contributed by atoms with van der Waals surface area (Å²) in [7, 11) is 0. The number of anilines is 6. The second-order valence-corrected chi connectivity index (χ2v) is 14.9. The molecule has 10 rings (SSSR count). The Kier molecular flexibility index (Phi) is 6.21. The summed E-state index contributed by atoms with van der Waals surface area (Å²) in [5.41, 5.74) is 10.9. The molecule has 6 heteroatoms. The van der Waals surface area contributed by atoms with Crippen molar-refractivity contribution in [3.63, 3.8) is 0 Å². The molecule has 0 unspecified atom stereocenters. The Bertz CT molecular complexity index is 2760. The fraction of sp³-hybridized carbons (Fsp3) is 0.111. The lowest BCUT2D eigenvalue weighted by Gasteiger charge is -2.44. The average molecular weight is 667 g/mol. The molecule has 7 aromatic carbocycles. The van der Waals surface area contributed by atoms with E-state index in [4.69, 9.17) is 4.42 Å². The first-order chi connectivity index (χ1) is 24.7. The second-order valence-electron chi connectivity index (χ2n) is 14.9. The number of furan rings is 1. The molecular formula is C45H33BF2N2O. The van der Waals surface area contributed by atoms with E-state index in [-0.39, 0.29) is 23.8 Å². The van der Waals surface area contributed by atoms with Crippen LogP contribution in [0.4, 0.5) is 42.9 Å². The van der Waals surface area contributed by atoms with Gasteiger partial charge in [0.2, 0.25) is 0 Å². The fourth-order valence-electron chi connectivity index (χ4n) is 8.58. The van der Waals surface area contributed by atoms with Crippen LogP contribution in [0, 0.1) is 18.6 Å². The topological polar surface area (TPSA) is 19.6 Å². The average Bonchev–Trinajstić information content (AvgIpc) is 3.51. The van der Waals surface area contributed by atoms with Crippen LogP contribution < -0.4 is 26.2 Å². The Labute approximate surface area is 295 Å². The minimum atomic E-state index is -0.339. The summed E-state index contributed by atoms with van der Waals surface area (Å²) in [5.74, 6) is -0.653. The van der Waals surface area contributed by atoms with E-state index in [1.807, 2.05) is 41.3 Å². The number of para-hydroxylation sites is 3. The van der Waals surface area contributed by atoms with E-state index in [0.717, 1.165) is 83.0 Å². The minimum absolute atomic E-state index is 0.156. The summed E-state index contributed by atoms with van der Waals surface area (Å²) < 4.78 is 39.4. The SMILES string of the molecule is Cc1cc2c3c(c1)N(c1ccccc1F)c1c(ccc4c1oc1c(C(C)(C)C)cccc14)B3c1ccc3ccccc3c1N2c1ccccc1F. The van der Waals surface area contributed by atoms with Gasteiger partial charge in [-0.1, -0.05) is 112 Å². The lowest BCUT2D eigenvalue weighted by molar-refractivity contribution is 0.573. The molecule has 0 radical (unpaired) electrons. The largest absolute Gasteiger partial charge is 0.454 e. The lowest BCUT2D eigenvalue weighted by atomic mass is 9.33. The molecule has 2 aliphatic heterocycles. The summed E-state index contributed by atoms with van der Waals surface area (Å²) in [6.45, 7) is 8.40. The summed E-state index contributed by atoms with van der Waals surface area (Å²) in [5, 5.41) is 4.12. The van der Waals surface area contributed by atoms with Crippen LogP contribution >= 0.6 is 0 Å². The van der Waals surface area contributed by atoms with E-state index in [1.54, 1.807) is 12.1 Å². The minimum Gasteiger partial charge on any atom is -0.454 e. The van der Waals surface area contributed by atoms with Crippen molar-refractivity contribution in [2.75, 3.05) is 9.80 Å². The van der Waals surface area contributed by atoms with Crippen molar-refractivity contribution in [3.05, 3.63) is 150 Å². The smallest absolute Gasteiger partial charge is 0.252 e.